The number of fused-ring (bicyclic) bond motifs is 1. The van der Waals surface area contributed by atoms with Gasteiger partial charge in [-0.1, -0.05) is 24.3 Å². The minimum absolute atomic E-state index is 0.0516. The topological polar surface area (TPSA) is 79.7 Å². The minimum atomic E-state index is -0.0627. The lowest BCUT2D eigenvalue weighted by Gasteiger charge is -2.41. The zero-order chi connectivity index (χ0) is 24.2. The molecule has 1 atom stereocenters. The summed E-state index contributed by atoms with van der Waals surface area (Å²) < 4.78 is 7.77. The summed E-state index contributed by atoms with van der Waals surface area (Å²) in [5.41, 5.74) is 3.02. The Morgan fingerprint density at radius 2 is 1.85 bits per heavy atom. The lowest BCUT2D eigenvalue weighted by molar-refractivity contribution is -0.132. The molecule has 0 bridgehead atoms. The van der Waals surface area contributed by atoms with Gasteiger partial charge in [-0.05, 0) is 43.7 Å². The van der Waals surface area contributed by atoms with E-state index in [2.05, 4.69) is 15.2 Å². The number of para-hydroxylation sites is 2. The van der Waals surface area contributed by atoms with Crippen molar-refractivity contribution in [1.82, 2.24) is 24.7 Å². The standard InChI is InChI=1S/C26H33N5O3/c1-18(2)34-21-11-9-20(10-12-21)24-16-30(19(3)32)13-14-31(24)17-26(33)27-15-25-28-22-7-5-6-8-23(22)29(25)4/h5-12,18,24H,13-17H2,1-4H3,(H,27,33)/t24-/m1/s1. The molecule has 8 heteroatoms. The van der Waals surface area contributed by atoms with Gasteiger partial charge in [0.2, 0.25) is 11.8 Å². The van der Waals surface area contributed by atoms with Crippen molar-refractivity contribution in [2.45, 2.75) is 39.5 Å². The maximum Gasteiger partial charge on any atom is 0.234 e. The predicted octanol–water partition coefficient (Wildman–Crippen LogP) is 2.88. The zero-order valence-corrected chi connectivity index (χ0v) is 20.3. The van der Waals surface area contributed by atoms with Crippen LogP contribution in [0.5, 0.6) is 5.75 Å². The smallest absolute Gasteiger partial charge is 0.234 e. The molecule has 1 aliphatic heterocycles. The van der Waals surface area contributed by atoms with Crippen LogP contribution in [-0.4, -0.2) is 63.4 Å². The highest BCUT2D eigenvalue weighted by Gasteiger charge is 2.30. The molecule has 8 nitrogen and oxygen atoms in total. The molecule has 0 radical (unpaired) electrons. The van der Waals surface area contributed by atoms with Gasteiger partial charge in [0.1, 0.15) is 11.6 Å². The van der Waals surface area contributed by atoms with E-state index >= 15 is 0 Å². The first-order valence-corrected chi connectivity index (χ1v) is 11.7. The van der Waals surface area contributed by atoms with Crippen LogP contribution in [0.4, 0.5) is 0 Å². The summed E-state index contributed by atoms with van der Waals surface area (Å²) in [5, 5.41) is 3.02. The summed E-state index contributed by atoms with van der Waals surface area (Å²) in [4.78, 5) is 33.5. The third kappa shape index (κ3) is 5.39. The van der Waals surface area contributed by atoms with Crippen LogP contribution >= 0.6 is 0 Å². The molecule has 0 spiro atoms. The maximum absolute atomic E-state index is 12.9. The third-order valence-electron chi connectivity index (χ3n) is 6.24. The van der Waals surface area contributed by atoms with Gasteiger partial charge in [-0.15, -0.1) is 0 Å². The molecule has 4 rings (SSSR count). The van der Waals surface area contributed by atoms with Crippen LogP contribution in [0.2, 0.25) is 0 Å². The first-order chi connectivity index (χ1) is 16.3. The SMILES string of the molecule is CC(=O)N1CCN(CC(=O)NCc2nc3ccccc3n2C)[C@@H](c2ccc(OC(C)C)cc2)C1. The van der Waals surface area contributed by atoms with Crippen molar-refractivity contribution in [2.75, 3.05) is 26.2 Å². The van der Waals surface area contributed by atoms with Gasteiger partial charge in [0.25, 0.3) is 0 Å². The van der Waals surface area contributed by atoms with Gasteiger partial charge in [0, 0.05) is 33.6 Å². The van der Waals surface area contributed by atoms with E-state index in [4.69, 9.17) is 4.74 Å². The molecule has 2 heterocycles. The van der Waals surface area contributed by atoms with Crippen molar-refractivity contribution in [2.24, 2.45) is 7.05 Å². The van der Waals surface area contributed by atoms with Crippen LogP contribution in [0.25, 0.3) is 11.0 Å². The maximum atomic E-state index is 12.9. The van der Waals surface area contributed by atoms with Crippen LogP contribution in [0.15, 0.2) is 48.5 Å². The number of carbonyl (C=O) groups is 2. The van der Waals surface area contributed by atoms with Crippen molar-refractivity contribution in [3.8, 4) is 5.75 Å². The van der Waals surface area contributed by atoms with Crippen LogP contribution in [0, 0.1) is 0 Å². The summed E-state index contributed by atoms with van der Waals surface area (Å²) in [6.45, 7) is 8.00. The van der Waals surface area contributed by atoms with Crippen LogP contribution in [0.1, 0.15) is 38.2 Å². The molecule has 3 aromatic rings. The molecule has 1 N–H and O–H groups in total. The molecule has 180 valence electrons. The number of piperazine rings is 1. The first-order valence-electron chi connectivity index (χ1n) is 11.7. The van der Waals surface area contributed by atoms with Crippen molar-refractivity contribution >= 4 is 22.8 Å². The number of nitrogens with zero attached hydrogens (tertiary/aromatic N) is 4. The summed E-state index contributed by atoms with van der Waals surface area (Å²) in [5.74, 6) is 1.61. The second-order valence-corrected chi connectivity index (χ2v) is 9.04. The van der Waals surface area contributed by atoms with E-state index in [1.807, 2.05) is 78.9 Å². The monoisotopic (exact) mass is 463 g/mol. The summed E-state index contributed by atoms with van der Waals surface area (Å²) in [6, 6.07) is 15.8. The van der Waals surface area contributed by atoms with E-state index in [0.29, 0.717) is 26.2 Å². The quantitative estimate of drug-likeness (QED) is 0.583. The van der Waals surface area contributed by atoms with Gasteiger partial charge in [0.15, 0.2) is 0 Å². The number of hydrogen-bond donors (Lipinski definition) is 1. The Kier molecular flexibility index (Phi) is 7.17. The van der Waals surface area contributed by atoms with E-state index in [0.717, 1.165) is 28.2 Å². The molecule has 1 aliphatic rings. The van der Waals surface area contributed by atoms with E-state index in [-0.39, 0.29) is 30.5 Å². The molecule has 2 amide bonds. The number of nitrogens with one attached hydrogen (secondary N) is 1. The Labute approximate surface area is 200 Å². The molecule has 1 aromatic heterocycles. The second-order valence-electron chi connectivity index (χ2n) is 9.04. The van der Waals surface area contributed by atoms with Gasteiger partial charge >= 0.3 is 0 Å². The lowest BCUT2D eigenvalue weighted by atomic mass is 10.0. The Bertz CT molecular complexity index is 1150. The summed E-state index contributed by atoms with van der Waals surface area (Å²) >= 11 is 0. The average Bonchev–Trinajstić information content (AvgIpc) is 3.14. The molecular weight excluding hydrogens is 430 g/mol. The molecule has 0 aliphatic carbocycles. The van der Waals surface area contributed by atoms with Crippen LogP contribution in [-0.2, 0) is 23.2 Å². The number of amides is 2. The average molecular weight is 464 g/mol. The number of aryl methyl sites for hydroxylation is 1. The number of rotatable bonds is 7. The van der Waals surface area contributed by atoms with E-state index in [1.165, 1.54) is 0 Å². The Morgan fingerprint density at radius 1 is 1.12 bits per heavy atom. The van der Waals surface area contributed by atoms with Crippen molar-refractivity contribution in [3.63, 3.8) is 0 Å². The summed E-state index contributed by atoms with van der Waals surface area (Å²) in [7, 11) is 1.96. The van der Waals surface area contributed by atoms with Crippen LogP contribution in [0.3, 0.4) is 0 Å². The predicted molar refractivity (Wildman–Crippen MR) is 131 cm³/mol. The number of imidazole rings is 1. The fraction of sp³-hybridized carbons (Fsp3) is 0.423. The Morgan fingerprint density at radius 3 is 2.53 bits per heavy atom. The minimum Gasteiger partial charge on any atom is -0.491 e. The molecule has 0 unspecified atom stereocenters. The van der Waals surface area contributed by atoms with Gasteiger partial charge in [-0.25, -0.2) is 4.98 Å². The lowest BCUT2D eigenvalue weighted by Crippen LogP contribution is -2.52. The fourth-order valence-electron chi connectivity index (χ4n) is 4.42. The second kappa shape index (κ2) is 10.3. The number of hydrogen-bond acceptors (Lipinski definition) is 5. The Hall–Kier alpha value is -3.39. The van der Waals surface area contributed by atoms with E-state index in [9.17, 15) is 9.59 Å². The number of carbonyl (C=O) groups excluding carboxylic acids is 2. The largest absolute Gasteiger partial charge is 0.491 e. The highest BCUT2D eigenvalue weighted by molar-refractivity contribution is 5.79. The van der Waals surface area contributed by atoms with E-state index in [1.54, 1.807) is 6.92 Å². The molecule has 1 saturated heterocycles. The van der Waals surface area contributed by atoms with Crippen LogP contribution < -0.4 is 10.1 Å². The molecule has 1 fully saturated rings. The van der Waals surface area contributed by atoms with Gasteiger partial charge in [-0.2, -0.15) is 0 Å². The van der Waals surface area contributed by atoms with Gasteiger partial charge < -0.3 is 19.5 Å². The normalized spacial score (nSPS) is 16.7. The van der Waals surface area contributed by atoms with Gasteiger partial charge in [-0.3, -0.25) is 14.5 Å². The number of benzene rings is 2. The van der Waals surface area contributed by atoms with Crippen molar-refractivity contribution in [3.05, 3.63) is 59.9 Å². The summed E-state index contributed by atoms with van der Waals surface area (Å²) in [6.07, 6.45) is 0.102. The zero-order valence-electron chi connectivity index (χ0n) is 20.3. The number of aromatic nitrogens is 2. The third-order valence-corrected chi connectivity index (χ3v) is 6.24. The first kappa shape index (κ1) is 23.8. The number of ether oxygens (including phenoxy) is 1. The molecule has 34 heavy (non-hydrogen) atoms. The highest BCUT2D eigenvalue weighted by atomic mass is 16.5. The Balaban J connectivity index is 1.44. The van der Waals surface area contributed by atoms with E-state index < -0.39 is 0 Å². The van der Waals surface area contributed by atoms with Crippen molar-refractivity contribution in [1.29, 1.82) is 0 Å². The molecular formula is C26H33N5O3. The molecule has 2 aromatic carbocycles. The van der Waals surface area contributed by atoms with Gasteiger partial charge in [0.05, 0.1) is 36.3 Å². The van der Waals surface area contributed by atoms with Crippen molar-refractivity contribution < 1.29 is 14.3 Å². The fourth-order valence-corrected chi connectivity index (χ4v) is 4.42. The molecule has 0 saturated carbocycles. The highest BCUT2D eigenvalue weighted by Crippen LogP contribution is 2.27.